The highest BCUT2D eigenvalue weighted by atomic mass is 14.5. The maximum absolute atomic E-state index is 5.85. The first kappa shape index (κ1) is 10.2. The van der Waals surface area contributed by atoms with Crippen LogP contribution in [0.3, 0.4) is 0 Å². The van der Waals surface area contributed by atoms with Crippen LogP contribution in [0.2, 0.25) is 0 Å². The predicted molar refractivity (Wildman–Crippen MR) is 73.6 cm³/mol. The monoisotopic (exact) mass is 221 g/mol. The SMILES string of the molecule is Nc1cccc(-c2cccc3c2C=CCC3)c1. The first-order valence-electron chi connectivity index (χ1n) is 5.99. The van der Waals surface area contributed by atoms with Gasteiger partial charge in [-0.25, -0.2) is 0 Å². The van der Waals surface area contributed by atoms with Crippen LogP contribution in [0.4, 0.5) is 5.69 Å². The number of nitrogen functional groups attached to an aromatic ring is 1. The summed E-state index contributed by atoms with van der Waals surface area (Å²) >= 11 is 0. The standard InChI is InChI=1S/C16H15N/c17-14-8-3-7-13(11-14)16-10-4-6-12-5-1-2-9-15(12)16/h2-4,6-11H,1,5,17H2. The van der Waals surface area contributed by atoms with E-state index in [1.165, 1.54) is 22.3 Å². The van der Waals surface area contributed by atoms with Gasteiger partial charge in [-0.3, -0.25) is 0 Å². The van der Waals surface area contributed by atoms with Crippen molar-refractivity contribution in [2.45, 2.75) is 12.8 Å². The minimum Gasteiger partial charge on any atom is -0.399 e. The molecule has 1 aliphatic carbocycles. The maximum atomic E-state index is 5.85. The highest BCUT2D eigenvalue weighted by Crippen LogP contribution is 2.31. The van der Waals surface area contributed by atoms with E-state index in [4.69, 9.17) is 5.73 Å². The van der Waals surface area contributed by atoms with Crippen LogP contribution in [-0.4, -0.2) is 0 Å². The Kier molecular flexibility index (Phi) is 2.45. The summed E-state index contributed by atoms with van der Waals surface area (Å²) in [4.78, 5) is 0. The lowest BCUT2D eigenvalue weighted by Gasteiger charge is -2.15. The van der Waals surface area contributed by atoms with Crippen molar-refractivity contribution in [1.82, 2.24) is 0 Å². The van der Waals surface area contributed by atoms with Gasteiger partial charge in [-0.2, -0.15) is 0 Å². The molecule has 1 nitrogen and oxygen atoms in total. The lowest BCUT2D eigenvalue weighted by atomic mass is 9.90. The Morgan fingerprint density at radius 3 is 2.76 bits per heavy atom. The molecule has 1 aliphatic rings. The zero-order valence-electron chi connectivity index (χ0n) is 9.69. The number of benzene rings is 2. The summed E-state index contributed by atoms with van der Waals surface area (Å²) in [7, 11) is 0. The van der Waals surface area contributed by atoms with Crippen LogP contribution in [-0.2, 0) is 6.42 Å². The molecule has 2 aromatic rings. The first-order chi connectivity index (χ1) is 8.34. The molecule has 0 atom stereocenters. The second-order valence-electron chi connectivity index (χ2n) is 4.44. The molecule has 2 N–H and O–H groups in total. The summed E-state index contributed by atoms with van der Waals surface area (Å²) in [5.41, 5.74) is 11.9. The van der Waals surface area contributed by atoms with Gasteiger partial charge in [0, 0.05) is 5.69 Å². The average molecular weight is 221 g/mol. The highest BCUT2D eigenvalue weighted by Gasteiger charge is 2.10. The fourth-order valence-electron chi connectivity index (χ4n) is 2.43. The summed E-state index contributed by atoms with van der Waals surface area (Å²) in [6.07, 6.45) is 6.77. The van der Waals surface area contributed by atoms with E-state index in [-0.39, 0.29) is 0 Å². The topological polar surface area (TPSA) is 26.0 Å². The summed E-state index contributed by atoms with van der Waals surface area (Å²) in [6, 6.07) is 14.6. The van der Waals surface area contributed by atoms with Gasteiger partial charge >= 0.3 is 0 Å². The minimum atomic E-state index is 0.819. The molecule has 0 saturated carbocycles. The van der Waals surface area contributed by atoms with E-state index in [0.29, 0.717) is 0 Å². The van der Waals surface area contributed by atoms with E-state index >= 15 is 0 Å². The van der Waals surface area contributed by atoms with Gasteiger partial charge in [0.25, 0.3) is 0 Å². The second kappa shape index (κ2) is 4.10. The van der Waals surface area contributed by atoms with Crippen molar-refractivity contribution in [3.05, 3.63) is 59.7 Å². The van der Waals surface area contributed by atoms with Gasteiger partial charge < -0.3 is 5.73 Å². The third-order valence-electron chi connectivity index (χ3n) is 3.26. The van der Waals surface area contributed by atoms with Crippen LogP contribution < -0.4 is 5.73 Å². The maximum Gasteiger partial charge on any atom is 0.0320 e. The molecule has 84 valence electrons. The lowest BCUT2D eigenvalue weighted by molar-refractivity contribution is 0.986. The number of fused-ring (bicyclic) bond motifs is 1. The Balaban J connectivity index is 2.19. The van der Waals surface area contributed by atoms with Gasteiger partial charge in [-0.05, 0) is 47.2 Å². The zero-order valence-corrected chi connectivity index (χ0v) is 9.69. The van der Waals surface area contributed by atoms with E-state index in [0.717, 1.165) is 18.5 Å². The van der Waals surface area contributed by atoms with E-state index < -0.39 is 0 Å². The van der Waals surface area contributed by atoms with Crippen LogP contribution in [0.5, 0.6) is 0 Å². The number of allylic oxidation sites excluding steroid dienone is 1. The molecule has 0 bridgehead atoms. The number of hydrogen-bond acceptors (Lipinski definition) is 1. The lowest BCUT2D eigenvalue weighted by Crippen LogP contribution is -1.96. The number of rotatable bonds is 1. The van der Waals surface area contributed by atoms with Crippen molar-refractivity contribution < 1.29 is 0 Å². The van der Waals surface area contributed by atoms with Gasteiger partial charge in [0.2, 0.25) is 0 Å². The van der Waals surface area contributed by atoms with Crippen molar-refractivity contribution in [2.24, 2.45) is 0 Å². The fourth-order valence-corrected chi connectivity index (χ4v) is 2.43. The third kappa shape index (κ3) is 1.84. The van der Waals surface area contributed by atoms with Crippen LogP contribution in [0.15, 0.2) is 48.5 Å². The predicted octanol–water partition coefficient (Wildman–Crippen LogP) is 3.90. The Bertz CT molecular complexity index is 582. The quantitative estimate of drug-likeness (QED) is 0.726. The molecule has 3 rings (SSSR count). The molecule has 0 radical (unpaired) electrons. The fraction of sp³-hybridized carbons (Fsp3) is 0.125. The van der Waals surface area contributed by atoms with Crippen LogP contribution in [0.25, 0.3) is 17.2 Å². The largest absolute Gasteiger partial charge is 0.399 e. The first-order valence-corrected chi connectivity index (χ1v) is 5.99. The van der Waals surface area contributed by atoms with E-state index in [2.05, 4.69) is 36.4 Å². The molecule has 0 amide bonds. The second-order valence-corrected chi connectivity index (χ2v) is 4.44. The molecule has 2 aromatic carbocycles. The normalized spacial score (nSPS) is 13.4. The van der Waals surface area contributed by atoms with Crippen molar-refractivity contribution in [3.63, 3.8) is 0 Å². The Morgan fingerprint density at radius 2 is 1.88 bits per heavy atom. The van der Waals surface area contributed by atoms with E-state index in [1.54, 1.807) is 0 Å². The molecular weight excluding hydrogens is 206 g/mol. The smallest absolute Gasteiger partial charge is 0.0320 e. The Hall–Kier alpha value is -2.02. The summed E-state index contributed by atoms with van der Waals surface area (Å²) in [5.74, 6) is 0. The van der Waals surface area contributed by atoms with Gasteiger partial charge in [0.05, 0.1) is 0 Å². The molecule has 0 unspecified atom stereocenters. The number of nitrogens with two attached hydrogens (primary N) is 1. The molecule has 0 heterocycles. The average Bonchev–Trinajstić information content (AvgIpc) is 2.38. The van der Waals surface area contributed by atoms with Gasteiger partial charge in [0.15, 0.2) is 0 Å². The number of anilines is 1. The Labute approximate surface area is 102 Å². The molecule has 0 spiro atoms. The molecular formula is C16H15N. The van der Waals surface area contributed by atoms with Crippen LogP contribution in [0.1, 0.15) is 17.5 Å². The zero-order chi connectivity index (χ0) is 11.7. The van der Waals surface area contributed by atoms with Crippen LogP contribution in [0, 0.1) is 0 Å². The molecule has 17 heavy (non-hydrogen) atoms. The van der Waals surface area contributed by atoms with E-state index in [9.17, 15) is 0 Å². The molecule has 0 aromatic heterocycles. The third-order valence-corrected chi connectivity index (χ3v) is 3.26. The van der Waals surface area contributed by atoms with Crippen LogP contribution >= 0.6 is 0 Å². The number of hydrogen-bond donors (Lipinski definition) is 1. The molecule has 1 heteroatoms. The Morgan fingerprint density at radius 1 is 1.00 bits per heavy atom. The van der Waals surface area contributed by atoms with Gasteiger partial charge in [-0.1, -0.05) is 42.5 Å². The van der Waals surface area contributed by atoms with Gasteiger partial charge in [0.1, 0.15) is 0 Å². The van der Waals surface area contributed by atoms with E-state index in [1.807, 2.05) is 18.2 Å². The van der Waals surface area contributed by atoms with Gasteiger partial charge in [-0.15, -0.1) is 0 Å². The number of aryl methyl sites for hydroxylation is 1. The highest BCUT2D eigenvalue weighted by molar-refractivity contribution is 5.79. The summed E-state index contributed by atoms with van der Waals surface area (Å²) < 4.78 is 0. The summed E-state index contributed by atoms with van der Waals surface area (Å²) in [6.45, 7) is 0. The van der Waals surface area contributed by atoms with Crippen molar-refractivity contribution in [2.75, 3.05) is 5.73 Å². The minimum absolute atomic E-state index is 0.819. The molecule has 0 saturated heterocycles. The van der Waals surface area contributed by atoms with Crippen molar-refractivity contribution in [3.8, 4) is 11.1 Å². The van der Waals surface area contributed by atoms with Crippen molar-refractivity contribution >= 4 is 11.8 Å². The molecule has 0 aliphatic heterocycles. The summed E-state index contributed by atoms with van der Waals surface area (Å²) in [5, 5.41) is 0. The van der Waals surface area contributed by atoms with Crippen molar-refractivity contribution in [1.29, 1.82) is 0 Å². The molecule has 0 fully saturated rings.